The van der Waals surface area contributed by atoms with E-state index in [1.54, 1.807) is 6.20 Å². The van der Waals surface area contributed by atoms with E-state index in [4.69, 9.17) is 0 Å². The predicted octanol–water partition coefficient (Wildman–Crippen LogP) is 7.43. The van der Waals surface area contributed by atoms with Gasteiger partial charge in [-0.05, 0) is 81.1 Å². The summed E-state index contributed by atoms with van der Waals surface area (Å²) in [7, 11) is 0. The minimum Gasteiger partial charge on any atom is -0.361 e. The van der Waals surface area contributed by atoms with E-state index < -0.39 is 0 Å². The lowest BCUT2D eigenvalue weighted by molar-refractivity contribution is 1.31. The van der Waals surface area contributed by atoms with Gasteiger partial charge in [-0.2, -0.15) is 0 Å². The van der Waals surface area contributed by atoms with Crippen LogP contribution in [0.3, 0.4) is 0 Å². The first-order valence-corrected chi connectivity index (χ1v) is 9.50. The Labute approximate surface area is 163 Å². The van der Waals surface area contributed by atoms with Crippen molar-refractivity contribution in [1.29, 1.82) is 0 Å². The molecule has 0 unspecified atom stereocenters. The molecule has 0 fully saturated rings. The molecule has 0 aliphatic heterocycles. The number of rotatable bonds is 4. The first-order valence-electron chi connectivity index (χ1n) is 9.50. The van der Waals surface area contributed by atoms with Crippen molar-refractivity contribution < 1.29 is 0 Å². The molecular formula is C26H29N. The second kappa shape index (κ2) is 7.44. The van der Waals surface area contributed by atoms with Crippen molar-refractivity contribution in [2.75, 3.05) is 5.32 Å². The van der Waals surface area contributed by atoms with Gasteiger partial charge < -0.3 is 5.32 Å². The molecular weight excluding hydrogens is 326 g/mol. The average Bonchev–Trinajstić information content (AvgIpc) is 2.55. The fraction of sp³-hybridized carbons (Fsp3) is 0.231. The first-order chi connectivity index (χ1) is 12.8. The Kier molecular flexibility index (Phi) is 5.23. The zero-order valence-electron chi connectivity index (χ0n) is 17.3. The summed E-state index contributed by atoms with van der Waals surface area (Å²) in [6.45, 7) is 17.0. The SMILES string of the molecule is C=CNc1c(-c2c(C)cc(C)cc2C)cccc1-c1c(C)cc(C)cc1C. The molecule has 0 saturated heterocycles. The predicted molar refractivity (Wildman–Crippen MR) is 120 cm³/mol. The third-order valence-corrected chi connectivity index (χ3v) is 5.20. The van der Waals surface area contributed by atoms with E-state index in [1.807, 2.05) is 0 Å². The van der Waals surface area contributed by atoms with E-state index in [1.165, 1.54) is 55.6 Å². The van der Waals surface area contributed by atoms with Gasteiger partial charge in [0.1, 0.15) is 0 Å². The summed E-state index contributed by atoms with van der Waals surface area (Å²) in [5.41, 5.74) is 14.0. The van der Waals surface area contributed by atoms with Gasteiger partial charge in [-0.15, -0.1) is 0 Å². The van der Waals surface area contributed by atoms with Crippen molar-refractivity contribution in [2.45, 2.75) is 41.5 Å². The molecule has 0 aliphatic rings. The van der Waals surface area contributed by atoms with Gasteiger partial charge >= 0.3 is 0 Å². The lowest BCUT2D eigenvalue weighted by Crippen LogP contribution is -2.00. The largest absolute Gasteiger partial charge is 0.361 e. The highest BCUT2D eigenvalue weighted by Gasteiger charge is 2.17. The van der Waals surface area contributed by atoms with Crippen LogP contribution in [-0.2, 0) is 0 Å². The molecule has 27 heavy (non-hydrogen) atoms. The molecule has 0 saturated carbocycles. The average molecular weight is 356 g/mol. The highest BCUT2D eigenvalue weighted by atomic mass is 14.8. The normalized spacial score (nSPS) is 10.7. The summed E-state index contributed by atoms with van der Waals surface area (Å²) in [5, 5.41) is 3.44. The third-order valence-electron chi connectivity index (χ3n) is 5.20. The van der Waals surface area contributed by atoms with Crippen molar-refractivity contribution >= 4 is 5.69 Å². The Morgan fingerprint density at radius 3 is 1.37 bits per heavy atom. The Balaban J connectivity index is 2.35. The van der Waals surface area contributed by atoms with Crippen LogP contribution in [-0.4, -0.2) is 0 Å². The van der Waals surface area contributed by atoms with Crippen LogP contribution >= 0.6 is 0 Å². The molecule has 3 aromatic rings. The quantitative estimate of drug-likeness (QED) is 0.513. The second-order valence-corrected chi connectivity index (χ2v) is 7.62. The number of aryl methyl sites for hydroxylation is 6. The molecule has 1 N–H and O–H groups in total. The van der Waals surface area contributed by atoms with Gasteiger partial charge in [0.2, 0.25) is 0 Å². The lowest BCUT2D eigenvalue weighted by atomic mass is 9.87. The fourth-order valence-electron chi connectivity index (χ4n) is 4.44. The van der Waals surface area contributed by atoms with E-state index in [0.717, 1.165) is 5.69 Å². The van der Waals surface area contributed by atoms with E-state index in [2.05, 4.69) is 95.9 Å². The molecule has 1 nitrogen and oxygen atoms in total. The van der Waals surface area contributed by atoms with E-state index in [0.29, 0.717) is 0 Å². The maximum absolute atomic E-state index is 3.93. The second-order valence-electron chi connectivity index (χ2n) is 7.62. The molecule has 138 valence electrons. The smallest absolute Gasteiger partial charge is 0.0539 e. The van der Waals surface area contributed by atoms with Crippen LogP contribution in [0.4, 0.5) is 5.69 Å². The van der Waals surface area contributed by atoms with Gasteiger partial charge in [-0.25, -0.2) is 0 Å². The fourth-order valence-corrected chi connectivity index (χ4v) is 4.44. The van der Waals surface area contributed by atoms with Gasteiger partial charge in [0.15, 0.2) is 0 Å². The first kappa shape index (κ1) is 19.0. The summed E-state index contributed by atoms with van der Waals surface area (Å²) in [4.78, 5) is 0. The highest BCUT2D eigenvalue weighted by Crippen LogP contribution is 2.42. The Morgan fingerprint density at radius 1 is 0.667 bits per heavy atom. The van der Waals surface area contributed by atoms with Gasteiger partial charge in [0.05, 0.1) is 5.69 Å². The minimum atomic E-state index is 1.12. The molecule has 0 amide bonds. The molecule has 0 spiro atoms. The van der Waals surface area contributed by atoms with Crippen LogP contribution in [0.1, 0.15) is 33.4 Å². The lowest BCUT2D eigenvalue weighted by Gasteiger charge is -2.21. The van der Waals surface area contributed by atoms with Crippen LogP contribution in [0.25, 0.3) is 22.3 Å². The summed E-state index contributed by atoms with van der Waals surface area (Å²) in [5.74, 6) is 0. The van der Waals surface area contributed by atoms with Gasteiger partial charge in [-0.3, -0.25) is 0 Å². The van der Waals surface area contributed by atoms with Crippen LogP contribution in [0.15, 0.2) is 55.2 Å². The van der Waals surface area contributed by atoms with Crippen molar-refractivity contribution in [1.82, 2.24) is 0 Å². The number of benzene rings is 3. The van der Waals surface area contributed by atoms with Gasteiger partial charge in [-0.1, -0.05) is 60.2 Å². The van der Waals surface area contributed by atoms with Crippen molar-refractivity contribution in [3.63, 3.8) is 0 Å². The maximum atomic E-state index is 3.93. The van der Waals surface area contributed by atoms with Crippen LogP contribution in [0.5, 0.6) is 0 Å². The van der Waals surface area contributed by atoms with E-state index in [9.17, 15) is 0 Å². The molecule has 0 radical (unpaired) electrons. The van der Waals surface area contributed by atoms with Crippen molar-refractivity contribution in [3.8, 4) is 22.3 Å². The maximum Gasteiger partial charge on any atom is 0.0539 e. The molecule has 3 aromatic carbocycles. The highest BCUT2D eigenvalue weighted by molar-refractivity contribution is 5.94. The van der Waals surface area contributed by atoms with Crippen LogP contribution in [0.2, 0.25) is 0 Å². The summed E-state index contributed by atoms with van der Waals surface area (Å²) in [6, 6.07) is 15.6. The summed E-state index contributed by atoms with van der Waals surface area (Å²) >= 11 is 0. The van der Waals surface area contributed by atoms with E-state index in [-0.39, 0.29) is 0 Å². The zero-order chi connectivity index (χ0) is 19.7. The Morgan fingerprint density at radius 2 is 1.04 bits per heavy atom. The number of anilines is 1. The van der Waals surface area contributed by atoms with Gasteiger partial charge in [0, 0.05) is 11.1 Å². The number of hydrogen-bond donors (Lipinski definition) is 1. The molecule has 0 atom stereocenters. The summed E-state index contributed by atoms with van der Waals surface area (Å²) < 4.78 is 0. The Hall–Kier alpha value is -2.80. The van der Waals surface area contributed by atoms with Crippen molar-refractivity contribution in [2.24, 2.45) is 0 Å². The van der Waals surface area contributed by atoms with Crippen LogP contribution in [0, 0.1) is 41.5 Å². The molecule has 0 aromatic heterocycles. The molecule has 0 aliphatic carbocycles. The monoisotopic (exact) mass is 355 g/mol. The standard InChI is InChI=1S/C26H29N/c1-8-27-26-22(24-18(4)12-16(2)13-19(24)5)10-9-11-23(26)25-20(6)14-17(3)15-21(25)7/h8-15,27H,1H2,2-7H3. The molecule has 0 heterocycles. The molecule has 1 heteroatoms. The minimum absolute atomic E-state index is 1.12. The topological polar surface area (TPSA) is 12.0 Å². The van der Waals surface area contributed by atoms with E-state index >= 15 is 0 Å². The number of hydrogen-bond acceptors (Lipinski definition) is 1. The Bertz CT molecular complexity index is 903. The van der Waals surface area contributed by atoms with Crippen LogP contribution < -0.4 is 5.32 Å². The molecule has 3 rings (SSSR count). The summed E-state index contributed by atoms with van der Waals surface area (Å²) in [6.07, 6.45) is 1.78. The zero-order valence-corrected chi connectivity index (χ0v) is 17.3. The van der Waals surface area contributed by atoms with Gasteiger partial charge in [0.25, 0.3) is 0 Å². The number of para-hydroxylation sites is 1. The van der Waals surface area contributed by atoms with Crippen molar-refractivity contribution in [3.05, 3.63) is 88.6 Å². The number of nitrogens with one attached hydrogen (secondary N) is 1. The third kappa shape index (κ3) is 3.55. The molecule has 0 bridgehead atoms.